The van der Waals surface area contributed by atoms with Crippen molar-refractivity contribution < 1.29 is 13.9 Å². The molecule has 1 heterocycles. The van der Waals surface area contributed by atoms with Crippen LogP contribution in [-0.2, 0) is 4.74 Å². The molecule has 1 aliphatic heterocycles. The number of rotatable bonds is 3. The zero-order valence-electron chi connectivity index (χ0n) is 14.5. The molecular formula is C20H23FN2O2. The summed E-state index contributed by atoms with van der Waals surface area (Å²) in [5, 5.41) is 3.39. The van der Waals surface area contributed by atoms with Gasteiger partial charge in [0.05, 0.1) is 6.04 Å². The van der Waals surface area contributed by atoms with Crippen LogP contribution in [0.15, 0.2) is 48.5 Å². The Morgan fingerprint density at radius 3 is 2.76 bits per heavy atom. The predicted octanol–water partition coefficient (Wildman–Crippen LogP) is 3.98. The Labute approximate surface area is 147 Å². The van der Waals surface area contributed by atoms with E-state index in [-0.39, 0.29) is 24.1 Å². The second-order valence-electron chi connectivity index (χ2n) is 6.39. The van der Waals surface area contributed by atoms with E-state index in [1.807, 2.05) is 44.2 Å². The van der Waals surface area contributed by atoms with Crippen molar-refractivity contribution in [3.63, 3.8) is 0 Å². The minimum Gasteiger partial charge on any atom is -0.442 e. The monoisotopic (exact) mass is 342 g/mol. The quantitative estimate of drug-likeness (QED) is 0.917. The van der Waals surface area contributed by atoms with Crippen molar-refractivity contribution in [3.05, 3.63) is 71.0 Å². The van der Waals surface area contributed by atoms with Crippen molar-refractivity contribution in [3.8, 4) is 0 Å². The van der Waals surface area contributed by atoms with Crippen LogP contribution in [-0.4, -0.2) is 30.6 Å². The van der Waals surface area contributed by atoms with E-state index < -0.39 is 0 Å². The van der Waals surface area contributed by atoms with E-state index in [2.05, 4.69) is 5.32 Å². The highest BCUT2D eigenvalue weighted by molar-refractivity contribution is 5.68. The molecule has 5 heteroatoms. The number of amides is 1. The predicted molar refractivity (Wildman–Crippen MR) is 94.8 cm³/mol. The molecule has 3 rings (SSSR count). The van der Waals surface area contributed by atoms with Gasteiger partial charge in [-0.25, -0.2) is 9.18 Å². The first-order valence-electron chi connectivity index (χ1n) is 8.54. The Hall–Kier alpha value is -2.40. The maximum atomic E-state index is 13.3. The third kappa shape index (κ3) is 4.17. The van der Waals surface area contributed by atoms with Gasteiger partial charge in [-0.2, -0.15) is 0 Å². The Bertz CT molecular complexity index is 736. The topological polar surface area (TPSA) is 41.6 Å². The summed E-state index contributed by atoms with van der Waals surface area (Å²) in [7, 11) is 0. The van der Waals surface area contributed by atoms with Crippen LogP contribution >= 0.6 is 0 Å². The smallest absolute Gasteiger partial charge is 0.410 e. The fourth-order valence-electron chi connectivity index (χ4n) is 3.17. The molecule has 0 radical (unpaired) electrons. The Morgan fingerprint density at radius 2 is 2.04 bits per heavy atom. The molecule has 1 saturated heterocycles. The van der Waals surface area contributed by atoms with Crippen molar-refractivity contribution >= 4 is 6.09 Å². The molecule has 132 valence electrons. The summed E-state index contributed by atoms with van der Waals surface area (Å²) in [5.41, 5.74) is 2.86. The second kappa shape index (κ2) is 7.66. The number of nitrogens with one attached hydrogen (secondary N) is 1. The number of hydrogen-bond donors (Lipinski definition) is 1. The molecule has 0 bridgehead atoms. The van der Waals surface area contributed by atoms with Crippen molar-refractivity contribution in [1.82, 2.24) is 10.2 Å². The highest BCUT2D eigenvalue weighted by atomic mass is 19.1. The minimum atomic E-state index is -0.317. The van der Waals surface area contributed by atoms with Crippen LogP contribution in [0.4, 0.5) is 9.18 Å². The standard InChI is InChI=1S/C20H23FN2O2/c1-14-12-17(21)8-9-18(14)19-13-23(11-10-22-19)20(24)25-15(2)16-6-4-3-5-7-16/h3-9,12,15,19,22H,10-11,13H2,1-2H3/t15-,19?/m0/s1. The van der Waals surface area contributed by atoms with Crippen LogP contribution in [0.25, 0.3) is 0 Å². The molecule has 0 spiro atoms. The summed E-state index contributed by atoms with van der Waals surface area (Å²) >= 11 is 0. The van der Waals surface area contributed by atoms with E-state index in [1.54, 1.807) is 11.0 Å². The first-order valence-corrected chi connectivity index (χ1v) is 8.54. The average Bonchev–Trinajstić information content (AvgIpc) is 2.62. The van der Waals surface area contributed by atoms with Gasteiger partial charge in [-0.05, 0) is 42.7 Å². The zero-order chi connectivity index (χ0) is 17.8. The molecule has 1 fully saturated rings. The van der Waals surface area contributed by atoms with Gasteiger partial charge in [0.15, 0.2) is 0 Å². The number of ether oxygens (including phenoxy) is 1. The number of carbonyl (C=O) groups is 1. The number of piperazine rings is 1. The van der Waals surface area contributed by atoms with Crippen molar-refractivity contribution in [2.75, 3.05) is 19.6 Å². The van der Waals surface area contributed by atoms with E-state index in [0.717, 1.165) is 16.7 Å². The SMILES string of the molecule is Cc1cc(F)ccc1C1CN(C(=O)O[C@@H](C)c2ccccc2)CCN1. The summed E-state index contributed by atoms with van der Waals surface area (Å²) in [6.07, 6.45) is -0.614. The first-order chi connectivity index (χ1) is 12.0. The second-order valence-corrected chi connectivity index (χ2v) is 6.39. The van der Waals surface area contributed by atoms with Gasteiger partial charge in [0.25, 0.3) is 0 Å². The Balaban J connectivity index is 1.65. The highest BCUT2D eigenvalue weighted by Gasteiger charge is 2.27. The highest BCUT2D eigenvalue weighted by Crippen LogP contribution is 2.23. The Morgan fingerprint density at radius 1 is 1.28 bits per heavy atom. The number of benzene rings is 2. The molecule has 0 aliphatic carbocycles. The maximum absolute atomic E-state index is 13.3. The van der Waals surface area contributed by atoms with E-state index in [0.29, 0.717) is 19.6 Å². The van der Waals surface area contributed by atoms with Crippen LogP contribution in [0.3, 0.4) is 0 Å². The molecule has 1 N–H and O–H groups in total. The zero-order valence-corrected chi connectivity index (χ0v) is 14.5. The molecule has 1 aliphatic rings. The molecule has 1 amide bonds. The van der Waals surface area contributed by atoms with Gasteiger partial charge in [0, 0.05) is 19.6 Å². The molecule has 2 aromatic carbocycles. The third-order valence-electron chi connectivity index (χ3n) is 4.59. The van der Waals surface area contributed by atoms with Gasteiger partial charge in [-0.15, -0.1) is 0 Å². The lowest BCUT2D eigenvalue weighted by Crippen LogP contribution is -2.48. The van der Waals surface area contributed by atoms with Crippen LogP contribution in [0, 0.1) is 12.7 Å². The fourth-order valence-corrected chi connectivity index (χ4v) is 3.17. The molecule has 2 aromatic rings. The van der Waals surface area contributed by atoms with Crippen LogP contribution < -0.4 is 5.32 Å². The average molecular weight is 342 g/mol. The van der Waals surface area contributed by atoms with Gasteiger partial charge >= 0.3 is 6.09 Å². The van der Waals surface area contributed by atoms with Gasteiger partial charge in [-0.3, -0.25) is 0 Å². The molecule has 2 atom stereocenters. The lowest BCUT2D eigenvalue weighted by Gasteiger charge is -2.34. The van der Waals surface area contributed by atoms with Crippen molar-refractivity contribution in [2.45, 2.75) is 26.0 Å². The van der Waals surface area contributed by atoms with E-state index >= 15 is 0 Å². The largest absolute Gasteiger partial charge is 0.442 e. The molecule has 4 nitrogen and oxygen atoms in total. The first kappa shape index (κ1) is 17.4. The molecule has 0 aromatic heterocycles. The summed E-state index contributed by atoms with van der Waals surface area (Å²) in [6.45, 7) is 5.53. The third-order valence-corrected chi connectivity index (χ3v) is 4.59. The van der Waals surface area contributed by atoms with Crippen LogP contribution in [0.1, 0.15) is 35.8 Å². The number of carbonyl (C=O) groups excluding carboxylic acids is 1. The maximum Gasteiger partial charge on any atom is 0.410 e. The van der Waals surface area contributed by atoms with E-state index in [4.69, 9.17) is 4.74 Å². The summed E-state index contributed by atoms with van der Waals surface area (Å²) in [6, 6.07) is 14.4. The minimum absolute atomic E-state index is 0.0195. The molecule has 25 heavy (non-hydrogen) atoms. The normalized spacial score (nSPS) is 18.7. The Kier molecular flexibility index (Phi) is 5.34. The number of aryl methyl sites for hydroxylation is 1. The lowest BCUT2D eigenvalue weighted by molar-refractivity contribution is 0.0608. The van der Waals surface area contributed by atoms with Gasteiger partial charge < -0.3 is 15.0 Å². The van der Waals surface area contributed by atoms with Crippen molar-refractivity contribution in [2.24, 2.45) is 0 Å². The van der Waals surface area contributed by atoms with Crippen molar-refractivity contribution in [1.29, 1.82) is 0 Å². The molecular weight excluding hydrogens is 319 g/mol. The number of halogens is 1. The fraction of sp³-hybridized carbons (Fsp3) is 0.350. The summed E-state index contributed by atoms with van der Waals surface area (Å²) in [5.74, 6) is -0.245. The van der Waals surface area contributed by atoms with E-state index in [1.165, 1.54) is 12.1 Å². The number of hydrogen-bond acceptors (Lipinski definition) is 3. The molecule has 0 saturated carbocycles. The summed E-state index contributed by atoms with van der Waals surface area (Å²) in [4.78, 5) is 14.2. The number of nitrogens with zero attached hydrogens (tertiary/aromatic N) is 1. The summed E-state index contributed by atoms with van der Waals surface area (Å²) < 4.78 is 18.9. The van der Waals surface area contributed by atoms with Gasteiger partial charge in [0.1, 0.15) is 11.9 Å². The molecule has 1 unspecified atom stereocenters. The lowest BCUT2D eigenvalue weighted by atomic mass is 9.99. The van der Waals surface area contributed by atoms with Crippen LogP contribution in [0.5, 0.6) is 0 Å². The van der Waals surface area contributed by atoms with Gasteiger partial charge in [0.2, 0.25) is 0 Å². The van der Waals surface area contributed by atoms with Gasteiger partial charge in [-0.1, -0.05) is 36.4 Å². The van der Waals surface area contributed by atoms with Crippen LogP contribution in [0.2, 0.25) is 0 Å². The van der Waals surface area contributed by atoms with E-state index in [9.17, 15) is 9.18 Å².